The van der Waals surface area contributed by atoms with E-state index in [2.05, 4.69) is 299 Å². The Balaban J connectivity index is 0.899. The van der Waals surface area contributed by atoms with Crippen molar-refractivity contribution in [1.29, 1.82) is 0 Å². The minimum Gasteiger partial charge on any atom is -0.310 e. The van der Waals surface area contributed by atoms with Gasteiger partial charge in [-0.3, -0.25) is 0 Å². The molecule has 354 valence electrons. The number of aromatic nitrogens is 2. The number of para-hydroxylation sites is 4. The van der Waals surface area contributed by atoms with Gasteiger partial charge in [0.25, 0.3) is 0 Å². The SMILES string of the molecule is c1ccc(-n2c3ccccc3c3c(-c4ccc(N(c5ccc(-c6cccc7c6c6ccccc6n7-c6ccccc6)cc5)c5cccc6c5-c5ccccc5C65c6ccccc6-c6ccccc65)cc4)cccc32)cc1. The molecule has 2 aliphatic rings. The molecule has 3 heteroatoms. The van der Waals surface area contributed by atoms with Gasteiger partial charge in [-0.1, -0.05) is 206 Å². The maximum atomic E-state index is 2.50. The summed E-state index contributed by atoms with van der Waals surface area (Å²) in [5.74, 6) is 0. The Labute approximate surface area is 441 Å². The van der Waals surface area contributed by atoms with Crippen molar-refractivity contribution in [2.24, 2.45) is 0 Å². The van der Waals surface area contributed by atoms with Gasteiger partial charge in [0.1, 0.15) is 0 Å². The van der Waals surface area contributed by atoms with Crippen LogP contribution in [0, 0.1) is 0 Å². The maximum Gasteiger partial charge on any atom is 0.0726 e. The van der Waals surface area contributed by atoms with Gasteiger partial charge in [-0.05, 0) is 140 Å². The fourth-order valence-corrected chi connectivity index (χ4v) is 13.5. The molecule has 12 aromatic carbocycles. The molecule has 0 unspecified atom stereocenters. The van der Waals surface area contributed by atoms with Crippen LogP contribution < -0.4 is 4.90 Å². The number of nitrogens with zero attached hydrogens (tertiary/aromatic N) is 3. The Morgan fingerprint density at radius 1 is 0.263 bits per heavy atom. The molecule has 2 heterocycles. The lowest BCUT2D eigenvalue weighted by atomic mass is 9.70. The van der Waals surface area contributed by atoms with Crippen LogP contribution in [0.2, 0.25) is 0 Å². The van der Waals surface area contributed by atoms with Crippen LogP contribution in [0.1, 0.15) is 22.3 Å². The van der Waals surface area contributed by atoms with Gasteiger partial charge in [0.05, 0.1) is 33.2 Å². The van der Waals surface area contributed by atoms with Crippen LogP contribution in [0.5, 0.6) is 0 Å². The summed E-state index contributed by atoms with van der Waals surface area (Å²) >= 11 is 0. The molecule has 0 saturated heterocycles. The molecule has 0 fully saturated rings. The standard InChI is InChI=1S/C73H47N3/c1-3-20-50(21-4-1)75-65-35-15-10-27-59(65)70-54(29-17-37-67(70)75)48-40-44-52(45-41-48)74(53-46-42-49(43-47-53)55-30-18-38-68-71(55)60-28-11-16-36-66(60)76(68)51-22-5-2-6-23-51)69-39-19-34-64-72(69)58-26-9-14-33-63(58)73(64)61-31-12-7-24-56(61)57-25-8-13-32-62(57)73/h1-47H. The second-order valence-corrected chi connectivity index (χ2v) is 20.3. The highest BCUT2D eigenvalue weighted by molar-refractivity contribution is 6.17. The molecule has 1 spiro atoms. The van der Waals surface area contributed by atoms with Crippen LogP contribution in [0.25, 0.3) is 99.5 Å². The summed E-state index contributed by atoms with van der Waals surface area (Å²) in [7, 11) is 0. The largest absolute Gasteiger partial charge is 0.310 e. The smallest absolute Gasteiger partial charge is 0.0726 e. The molecule has 0 bridgehead atoms. The van der Waals surface area contributed by atoms with Crippen LogP contribution in [0.4, 0.5) is 17.1 Å². The molecular formula is C73H47N3. The van der Waals surface area contributed by atoms with Crippen molar-refractivity contribution < 1.29 is 0 Å². The molecule has 0 N–H and O–H groups in total. The number of rotatable bonds is 7. The minimum absolute atomic E-state index is 0.469. The normalized spacial score (nSPS) is 12.8. The zero-order valence-corrected chi connectivity index (χ0v) is 41.5. The Morgan fingerprint density at radius 2 is 0.632 bits per heavy atom. The Hall–Kier alpha value is -9.96. The van der Waals surface area contributed by atoms with E-state index in [9.17, 15) is 0 Å². The van der Waals surface area contributed by atoms with Crippen molar-refractivity contribution in [2.45, 2.75) is 5.41 Å². The van der Waals surface area contributed by atoms with Gasteiger partial charge < -0.3 is 14.0 Å². The lowest BCUT2D eigenvalue weighted by Crippen LogP contribution is -2.26. The van der Waals surface area contributed by atoms with Crippen molar-refractivity contribution in [2.75, 3.05) is 4.90 Å². The fraction of sp³-hybridized carbons (Fsp3) is 0.0137. The van der Waals surface area contributed by atoms with E-state index >= 15 is 0 Å². The third-order valence-electron chi connectivity index (χ3n) is 16.5. The van der Waals surface area contributed by atoms with Crippen LogP contribution >= 0.6 is 0 Å². The number of hydrogen-bond acceptors (Lipinski definition) is 1. The topological polar surface area (TPSA) is 13.1 Å². The summed E-state index contributed by atoms with van der Waals surface area (Å²) in [6, 6.07) is 105. The van der Waals surface area contributed by atoms with E-state index in [0.29, 0.717) is 0 Å². The zero-order valence-electron chi connectivity index (χ0n) is 41.5. The highest BCUT2D eigenvalue weighted by Crippen LogP contribution is 2.64. The van der Waals surface area contributed by atoms with Gasteiger partial charge in [-0.15, -0.1) is 0 Å². The summed E-state index contributed by atoms with van der Waals surface area (Å²) in [6.07, 6.45) is 0. The number of benzene rings is 12. The first-order chi connectivity index (χ1) is 37.8. The van der Waals surface area contributed by atoms with Crippen molar-refractivity contribution in [3.05, 3.63) is 307 Å². The van der Waals surface area contributed by atoms with Gasteiger partial charge >= 0.3 is 0 Å². The van der Waals surface area contributed by atoms with Crippen molar-refractivity contribution in [1.82, 2.24) is 9.13 Å². The first kappa shape index (κ1) is 42.5. The molecule has 0 saturated carbocycles. The third-order valence-corrected chi connectivity index (χ3v) is 16.5. The fourth-order valence-electron chi connectivity index (χ4n) is 13.5. The van der Waals surface area contributed by atoms with Crippen molar-refractivity contribution >= 4 is 60.7 Å². The predicted molar refractivity (Wildman–Crippen MR) is 317 cm³/mol. The molecule has 76 heavy (non-hydrogen) atoms. The lowest BCUT2D eigenvalue weighted by molar-refractivity contribution is 0.794. The summed E-state index contributed by atoms with van der Waals surface area (Å²) in [5, 5.41) is 4.99. The average Bonchev–Trinajstić information content (AvgIpc) is 4.39. The average molecular weight is 966 g/mol. The molecule has 3 nitrogen and oxygen atoms in total. The Kier molecular flexibility index (Phi) is 9.25. The van der Waals surface area contributed by atoms with Crippen LogP contribution in [0.15, 0.2) is 285 Å². The summed E-state index contributed by atoms with van der Waals surface area (Å²) in [6.45, 7) is 0. The molecule has 16 rings (SSSR count). The highest BCUT2D eigenvalue weighted by atomic mass is 15.1. The van der Waals surface area contributed by atoms with Gasteiger partial charge in [-0.25, -0.2) is 0 Å². The number of fused-ring (bicyclic) bond motifs is 16. The van der Waals surface area contributed by atoms with Gasteiger partial charge in [-0.2, -0.15) is 0 Å². The van der Waals surface area contributed by atoms with E-state index < -0.39 is 5.41 Å². The molecule has 0 aliphatic heterocycles. The summed E-state index contributed by atoms with van der Waals surface area (Å²) in [4.78, 5) is 2.50. The second-order valence-electron chi connectivity index (χ2n) is 20.3. The van der Waals surface area contributed by atoms with E-state index in [1.165, 1.54) is 110 Å². The first-order valence-electron chi connectivity index (χ1n) is 26.3. The molecule has 14 aromatic rings. The number of hydrogen-bond donors (Lipinski definition) is 0. The molecule has 2 aliphatic carbocycles. The van der Waals surface area contributed by atoms with Gasteiger partial charge in [0, 0.05) is 49.9 Å². The van der Waals surface area contributed by atoms with E-state index in [1.807, 2.05) is 0 Å². The quantitative estimate of drug-likeness (QED) is 0.155. The van der Waals surface area contributed by atoms with Crippen LogP contribution in [-0.2, 0) is 5.41 Å². The Morgan fingerprint density at radius 3 is 1.13 bits per heavy atom. The third kappa shape index (κ3) is 5.94. The zero-order chi connectivity index (χ0) is 49.9. The molecule has 2 aromatic heterocycles. The van der Waals surface area contributed by atoms with E-state index in [0.717, 1.165) is 28.4 Å². The predicted octanol–water partition coefficient (Wildman–Crippen LogP) is 19.0. The first-order valence-corrected chi connectivity index (χ1v) is 26.3. The number of anilines is 3. The van der Waals surface area contributed by atoms with Gasteiger partial charge in [0.15, 0.2) is 0 Å². The van der Waals surface area contributed by atoms with E-state index in [1.54, 1.807) is 0 Å². The minimum atomic E-state index is -0.469. The van der Waals surface area contributed by atoms with E-state index in [-0.39, 0.29) is 0 Å². The van der Waals surface area contributed by atoms with Gasteiger partial charge in [0.2, 0.25) is 0 Å². The summed E-state index contributed by atoms with van der Waals surface area (Å²) in [5.41, 5.74) is 25.1. The molecular weight excluding hydrogens is 919 g/mol. The van der Waals surface area contributed by atoms with Crippen molar-refractivity contribution in [3.8, 4) is 55.9 Å². The van der Waals surface area contributed by atoms with E-state index in [4.69, 9.17) is 0 Å². The summed E-state index contributed by atoms with van der Waals surface area (Å²) < 4.78 is 4.80. The van der Waals surface area contributed by atoms with Crippen LogP contribution in [0.3, 0.4) is 0 Å². The maximum absolute atomic E-state index is 2.50. The Bertz CT molecular complexity index is 4370. The highest BCUT2D eigenvalue weighted by Gasteiger charge is 2.52. The molecule has 0 atom stereocenters. The lowest BCUT2D eigenvalue weighted by Gasteiger charge is -2.32. The molecule has 0 radical (unpaired) electrons. The monoisotopic (exact) mass is 965 g/mol. The second kappa shape index (κ2) is 16.5. The van der Waals surface area contributed by atoms with Crippen molar-refractivity contribution in [3.63, 3.8) is 0 Å². The molecule has 0 amide bonds. The van der Waals surface area contributed by atoms with Crippen LogP contribution in [-0.4, -0.2) is 9.13 Å².